The van der Waals surface area contributed by atoms with E-state index in [1.165, 1.54) is 6.08 Å². The van der Waals surface area contributed by atoms with Gasteiger partial charge in [0.25, 0.3) is 0 Å². The lowest BCUT2D eigenvalue weighted by Gasteiger charge is -2.17. The summed E-state index contributed by atoms with van der Waals surface area (Å²) in [7, 11) is 1.73. The maximum absolute atomic E-state index is 12.6. The lowest BCUT2D eigenvalue weighted by Crippen LogP contribution is -2.20. The minimum atomic E-state index is -4.29. The fourth-order valence-electron chi connectivity index (χ4n) is 1.77. The second-order valence-electron chi connectivity index (χ2n) is 4.14. The van der Waals surface area contributed by atoms with Crippen LogP contribution in [0.25, 0.3) is 0 Å². The summed E-state index contributed by atoms with van der Waals surface area (Å²) in [5.74, 6) is 0.649. The van der Waals surface area contributed by atoms with Crippen molar-refractivity contribution in [2.75, 3.05) is 0 Å². The molecule has 19 heavy (non-hydrogen) atoms. The molecule has 2 rings (SSSR count). The predicted molar refractivity (Wildman–Crippen MR) is 67.0 cm³/mol. The summed E-state index contributed by atoms with van der Waals surface area (Å²) in [5, 5.41) is 6.97. The van der Waals surface area contributed by atoms with Gasteiger partial charge in [0, 0.05) is 12.7 Å². The molecule has 0 saturated heterocycles. The highest BCUT2D eigenvalue weighted by molar-refractivity contribution is 9.10. The predicted octanol–water partition coefficient (Wildman–Crippen LogP) is 2.83. The van der Waals surface area contributed by atoms with Crippen LogP contribution < -0.4 is 5.32 Å². The first-order chi connectivity index (χ1) is 8.86. The largest absolute Gasteiger partial charge is 0.416 e. The molecular weight excluding hydrogens is 325 g/mol. The first-order valence-electron chi connectivity index (χ1n) is 5.63. The normalized spacial score (nSPS) is 16.1. The van der Waals surface area contributed by atoms with E-state index in [4.69, 9.17) is 0 Å². The molecule has 0 radical (unpaired) electrons. The van der Waals surface area contributed by atoms with Crippen LogP contribution in [0, 0.1) is 0 Å². The number of alkyl halides is 3. The third kappa shape index (κ3) is 3.59. The third-order valence-electron chi connectivity index (χ3n) is 2.74. The van der Waals surface area contributed by atoms with Crippen LogP contribution >= 0.6 is 15.9 Å². The van der Waals surface area contributed by atoms with E-state index < -0.39 is 11.7 Å². The molecule has 0 bridgehead atoms. The zero-order chi connectivity index (χ0) is 14.0. The Bertz CT molecular complexity index is 531. The molecular formula is C11H12BrF3N4. The van der Waals surface area contributed by atoms with Gasteiger partial charge < -0.3 is 5.32 Å². The van der Waals surface area contributed by atoms with Crippen LogP contribution in [0.5, 0.6) is 0 Å². The minimum Gasteiger partial charge on any atom is -0.381 e. The first-order valence-corrected chi connectivity index (χ1v) is 6.43. The topological polar surface area (TPSA) is 42.7 Å². The van der Waals surface area contributed by atoms with Gasteiger partial charge in [-0.05, 0) is 34.8 Å². The zero-order valence-electron chi connectivity index (χ0n) is 10.1. The molecule has 4 nitrogen and oxygen atoms in total. The van der Waals surface area contributed by atoms with Gasteiger partial charge in [-0.25, -0.2) is 4.98 Å². The van der Waals surface area contributed by atoms with Crippen molar-refractivity contribution in [1.29, 1.82) is 0 Å². The fraction of sp³-hybridized carbons (Fsp3) is 0.455. The Balaban J connectivity index is 2.02. The Morgan fingerprint density at radius 3 is 2.79 bits per heavy atom. The van der Waals surface area contributed by atoms with E-state index in [0.29, 0.717) is 35.6 Å². The van der Waals surface area contributed by atoms with Crippen LogP contribution in [0.4, 0.5) is 13.2 Å². The molecule has 0 spiro atoms. The van der Waals surface area contributed by atoms with E-state index in [-0.39, 0.29) is 0 Å². The highest BCUT2D eigenvalue weighted by Crippen LogP contribution is 2.30. The number of rotatable bonds is 3. The molecule has 0 unspecified atom stereocenters. The Morgan fingerprint density at radius 2 is 2.21 bits per heavy atom. The first kappa shape index (κ1) is 14.1. The van der Waals surface area contributed by atoms with Gasteiger partial charge in [-0.15, -0.1) is 5.10 Å². The molecule has 0 amide bonds. The van der Waals surface area contributed by atoms with Gasteiger partial charge in [0.05, 0.1) is 12.1 Å². The Labute approximate surface area is 116 Å². The zero-order valence-corrected chi connectivity index (χ0v) is 11.7. The van der Waals surface area contributed by atoms with E-state index >= 15 is 0 Å². The number of halogens is 4. The van der Waals surface area contributed by atoms with Crippen LogP contribution in [-0.4, -0.2) is 20.9 Å². The lowest BCUT2D eigenvalue weighted by atomic mass is 10.0. The smallest absolute Gasteiger partial charge is 0.381 e. The Kier molecular flexibility index (Phi) is 3.98. The molecule has 0 saturated carbocycles. The summed E-state index contributed by atoms with van der Waals surface area (Å²) in [6.07, 6.45) is -0.977. The molecule has 1 aromatic rings. The minimum absolute atomic E-state index is 0.339. The summed E-state index contributed by atoms with van der Waals surface area (Å²) >= 11 is 3.14. The molecule has 1 N–H and O–H groups in total. The maximum Gasteiger partial charge on any atom is 0.416 e. The van der Waals surface area contributed by atoms with Crippen molar-refractivity contribution in [3.8, 4) is 0 Å². The van der Waals surface area contributed by atoms with Crippen molar-refractivity contribution in [3.63, 3.8) is 0 Å². The average Bonchev–Trinajstić information content (AvgIpc) is 2.64. The van der Waals surface area contributed by atoms with Gasteiger partial charge in [0.1, 0.15) is 5.82 Å². The van der Waals surface area contributed by atoms with Crippen LogP contribution in [0.1, 0.15) is 18.7 Å². The number of aryl methyl sites for hydroxylation is 1. The summed E-state index contributed by atoms with van der Waals surface area (Å²) in [6.45, 7) is 0.339. The highest BCUT2D eigenvalue weighted by Gasteiger charge is 2.33. The molecule has 0 aromatic carbocycles. The average molecular weight is 337 g/mol. The van der Waals surface area contributed by atoms with Crippen molar-refractivity contribution in [1.82, 2.24) is 20.1 Å². The maximum atomic E-state index is 12.6. The Morgan fingerprint density at radius 1 is 1.47 bits per heavy atom. The van der Waals surface area contributed by atoms with Gasteiger partial charge in [-0.2, -0.15) is 13.2 Å². The molecule has 0 aliphatic heterocycles. The molecule has 1 heterocycles. The van der Waals surface area contributed by atoms with E-state index in [0.717, 1.165) is 6.08 Å². The van der Waals surface area contributed by atoms with Gasteiger partial charge >= 0.3 is 6.18 Å². The van der Waals surface area contributed by atoms with E-state index in [2.05, 4.69) is 31.3 Å². The van der Waals surface area contributed by atoms with E-state index in [9.17, 15) is 13.2 Å². The van der Waals surface area contributed by atoms with Crippen LogP contribution in [0.2, 0.25) is 0 Å². The lowest BCUT2D eigenvalue weighted by molar-refractivity contribution is -0.0887. The molecule has 104 valence electrons. The second kappa shape index (κ2) is 5.36. The molecule has 0 atom stereocenters. The monoisotopic (exact) mass is 336 g/mol. The SMILES string of the molecule is Cn1nc(Br)nc1CNC1=CC(C(F)(F)F)=CCC1. The number of hydrogen-bond acceptors (Lipinski definition) is 3. The summed E-state index contributed by atoms with van der Waals surface area (Å²) in [4.78, 5) is 4.10. The summed E-state index contributed by atoms with van der Waals surface area (Å²) in [6, 6.07) is 0. The Hall–Kier alpha value is -1.31. The standard InChI is InChI=1S/C11H12BrF3N4/c1-19-9(17-10(12)18-19)6-16-8-4-2-3-7(5-8)11(13,14)15/h3,5,16H,2,4,6H2,1H3. The summed E-state index contributed by atoms with van der Waals surface area (Å²) < 4.78 is 39.7. The number of nitrogens with one attached hydrogen (secondary N) is 1. The molecule has 8 heteroatoms. The van der Waals surface area contributed by atoms with E-state index in [1.54, 1.807) is 11.7 Å². The van der Waals surface area contributed by atoms with Crippen LogP contribution in [-0.2, 0) is 13.6 Å². The second-order valence-corrected chi connectivity index (χ2v) is 4.85. The number of allylic oxidation sites excluding steroid dienone is 4. The van der Waals surface area contributed by atoms with Crippen molar-refractivity contribution < 1.29 is 13.2 Å². The number of aromatic nitrogens is 3. The molecule has 0 fully saturated rings. The number of hydrogen-bond donors (Lipinski definition) is 1. The molecule has 1 aliphatic rings. The van der Waals surface area contributed by atoms with Crippen LogP contribution in [0.15, 0.2) is 28.2 Å². The van der Waals surface area contributed by atoms with Gasteiger partial charge in [-0.3, -0.25) is 4.68 Å². The van der Waals surface area contributed by atoms with Crippen molar-refractivity contribution in [2.24, 2.45) is 7.05 Å². The van der Waals surface area contributed by atoms with Crippen molar-refractivity contribution in [3.05, 3.63) is 34.0 Å². The highest BCUT2D eigenvalue weighted by atomic mass is 79.9. The van der Waals surface area contributed by atoms with Gasteiger partial charge in [0.2, 0.25) is 4.73 Å². The van der Waals surface area contributed by atoms with E-state index in [1.807, 2.05) is 0 Å². The number of nitrogens with zero attached hydrogens (tertiary/aromatic N) is 3. The fourth-order valence-corrected chi connectivity index (χ4v) is 2.21. The third-order valence-corrected chi connectivity index (χ3v) is 3.07. The van der Waals surface area contributed by atoms with Crippen molar-refractivity contribution in [2.45, 2.75) is 25.6 Å². The molecule has 1 aromatic heterocycles. The van der Waals surface area contributed by atoms with Crippen molar-refractivity contribution >= 4 is 15.9 Å². The molecule has 1 aliphatic carbocycles. The van der Waals surface area contributed by atoms with Gasteiger partial charge in [0.15, 0.2) is 0 Å². The van der Waals surface area contributed by atoms with Crippen LogP contribution in [0.3, 0.4) is 0 Å². The quantitative estimate of drug-likeness (QED) is 0.922. The van der Waals surface area contributed by atoms with Gasteiger partial charge in [-0.1, -0.05) is 6.08 Å². The summed E-state index contributed by atoms with van der Waals surface area (Å²) in [5.41, 5.74) is -0.0330.